The molecule has 0 saturated heterocycles. The van der Waals surface area contributed by atoms with Crippen molar-refractivity contribution in [2.24, 2.45) is 11.1 Å². The average molecular weight is 224 g/mol. The summed E-state index contributed by atoms with van der Waals surface area (Å²) in [5, 5.41) is 1.11. The standard InChI is InChI=1S/C12H20N2S/c1-12(2,3)8-5-4-6-9-11(8)14-10(7-13)15-9/h8H,4-7,13H2,1-3H3. The van der Waals surface area contributed by atoms with Crippen LogP contribution in [0.1, 0.15) is 55.1 Å². The van der Waals surface area contributed by atoms with Crippen molar-refractivity contribution in [3.63, 3.8) is 0 Å². The Bertz CT molecular complexity index is 349. The normalized spacial score (nSPS) is 21.5. The van der Waals surface area contributed by atoms with Crippen molar-refractivity contribution in [3.8, 4) is 0 Å². The molecule has 0 aromatic carbocycles. The largest absolute Gasteiger partial charge is 0.325 e. The Balaban J connectivity index is 2.37. The van der Waals surface area contributed by atoms with Crippen molar-refractivity contribution in [2.75, 3.05) is 0 Å². The molecule has 84 valence electrons. The molecule has 1 atom stereocenters. The first kappa shape index (κ1) is 11.1. The zero-order valence-corrected chi connectivity index (χ0v) is 10.7. The van der Waals surface area contributed by atoms with Crippen LogP contribution in [0.5, 0.6) is 0 Å². The molecule has 1 unspecified atom stereocenters. The van der Waals surface area contributed by atoms with E-state index in [0.29, 0.717) is 17.9 Å². The number of thiazole rings is 1. The third-order valence-electron chi connectivity index (χ3n) is 3.22. The summed E-state index contributed by atoms with van der Waals surface area (Å²) < 4.78 is 0. The maximum absolute atomic E-state index is 5.66. The van der Waals surface area contributed by atoms with Crippen molar-refractivity contribution >= 4 is 11.3 Å². The van der Waals surface area contributed by atoms with Crippen molar-refractivity contribution in [1.82, 2.24) is 4.98 Å². The fourth-order valence-electron chi connectivity index (χ4n) is 2.40. The van der Waals surface area contributed by atoms with Gasteiger partial charge in [0.05, 0.1) is 5.69 Å². The maximum Gasteiger partial charge on any atom is 0.107 e. The van der Waals surface area contributed by atoms with Gasteiger partial charge < -0.3 is 5.73 Å². The van der Waals surface area contributed by atoms with Gasteiger partial charge in [0.15, 0.2) is 0 Å². The first-order chi connectivity index (χ1) is 7.02. The van der Waals surface area contributed by atoms with E-state index in [1.165, 1.54) is 29.8 Å². The van der Waals surface area contributed by atoms with Crippen LogP contribution in [0, 0.1) is 5.41 Å². The zero-order chi connectivity index (χ0) is 11.1. The summed E-state index contributed by atoms with van der Waals surface area (Å²) in [4.78, 5) is 6.20. The van der Waals surface area contributed by atoms with Gasteiger partial charge in [-0.25, -0.2) is 4.98 Å². The van der Waals surface area contributed by atoms with Gasteiger partial charge >= 0.3 is 0 Å². The molecule has 0 aliphatic heterocycles. The molecule has 0 bridgehead atoms. The number of aryl methyl sites for hydroxylation is 1. The topological polar surface area (TPSA) is 38.9 Å². The molecular weight excluding hydrogens is 204 g/mol. The summed E-state index contributed by atoms with van der Waals surface area (Å²) >= 11 is 1.82. The third kappa shape index (κ3) is 2.08. The fourth-order valence-corrected chi connectivity index (χ4v) is 3.45. The van der Waals surface area contributed by atoms with Crippen molar-refractivity contribution < 1.29 is 0 Å². The van der Waals surface area contributed by atoms with Crippen LogP contribution in [0.4, 0.5) is 0 Å². The molecule has 0 spiro atoms. The number of nitrogens with zero attached hydrogens (tertiary/aromatic N) is 1. The lowest BCUT2D eigenvalue weighted by atomic mass is 9.73. The number of hydrogen-bond donors (Lipinski definition) is 1. The number of aromatic nitrogens is 1. The number of fused-ring (bicyclic) bond motifs is 1. The second-order valence-corrected chi connectivity index (χ2v) is 6.60. The van der Waals surface area contributed by atoms with Crippen LogP contribution >= 0.6 is 11.3 Å². The molecule has 3 heteroatoms. The van der Waals surface area contributed by atoms with Crippen LogP contribution in [-0.2, 0) is 13.0 Å². The minimum Gasteiger partial charge on any atom is -0.325 e. The van der Waals surface area contributed by atoms with E-state index in [-0.39, 0.29) is 0 Å². The molecule has 1 aromatic heterocycles. The lowest BCUT2D eigenvalue weighted by Crippen LogP contribution is -2.22. The zero-order valence-electron chi connectivity index (χ0n) is 9.84. The predicted octanol–water partition coefficient (Wildman–Crippen LogP) is 3.07. The molecule has 1 aliphatic carbocycles. The van der Waals surface area contributed by atoms with Crippen LogP contribution in [0.25, 0.3) is 0 Å². The van der Waals surface area contributed by atoms with Gasteiger partial charge in [-0.05, 0) is 24.7 Å². The van der Waals surface area contributed by atoms with E-state index in [0.717, 1.165) is 5.01 Å². The third-order valence-corrected chi connectivity index (χ3v) is 4.37. The summed E-state index contributed by atoms with van der Waals surface area (Å²) in [5.74, 6) is 0.623. The summed E-state index contributed by atoms with van der Waals surface area (Å²) in [5.41, 5.74) is 7.34. The second kappa shape index (κ2) is 3.87. The maximum atomic E-state index is 5.66. The first-order valence-electron chi connectivity index (χ1n) is 5.71. The molecule has 1 heterocycles. The minimum atomic E-state index is 0.328. The Kier molecular flexibility index (Phi) is 2.86. The van der Waals surface area contributed by atoms with Crippen LogP contribution in [0.3, 0.4) is 0 Å². The highest BCUT2D eigenvalue weighted by Gasteiger charge is 2.32. The van der Waals surface area contributed by atoms with Crippen LogP contribution in [-0.4, -0.2) is 4.98 Å². The summed E-state index contributed by atoms with van der Waals surface area (Å²) in [7, 11) is 0. The van der Waals surface area contributed by atoms with Crippen LogP contribution in [0.15, 0.2) is 0 Å². The summed E-state index contributed by atoms with van der Waals surface area (Å²) in [6.07, 6.45) is 3.80. The quantitative estimate of drug-likeness (QED) is 0.796. The van der Waals surface area contributed by atoms with Gasteiger partial charge in [0.1, 0.15) is 5.01 Å². The van der Waals surface area contributed by atoms with Gasteiger partial charge in [0.2, 0.25) is 0 Å². The lowest BCUT2D eigenvalue weighted by Gasteiger charge is -2.32. The molecule has 0 radical (unpaired) electrons. The molecule has 2 N–H and O–H groups in total. The van der Waals surface area contributed by atoms with Crippen LogP contribution < -0.4 is 5.73 Å². The molecule has 1 aromatic rings. The van der Waals surface area contributed by atoms with Gasteiger partial charge in [0, 0.05) is 17.3 Å². The lowest BCUT2D eigenvalue weighted by molar-refractivity contribution is 0.285. The summed E-state index contributed by atoms with van der Waals surface area (Å²) in [6.45, 7) is 7.53. The van der Waals surface area contributed by atoms with Gasteiger partial charge in [-0.3, -0.25) is 0 Å². The van der Waals surface area contributed by atoms with Crippen molar-refractivity contribution in [2.45, 2.75) is 52.5 Å². The van der Waals surface area contributed by atoms with E-state index < -0.39 is 0 Å². The smallest absolute Gasteiger partial charge is 0.107 e. The number of nitrogens with two attached hydrogens (primary N) is 1. The van der Waals surface area contributed by atoms with Crippen LogP contribution in [0.2, 0.25) is 0 Å². The van der Waals surface area contributed by atoms with E-state index in [9.17, 15) is 0 Å². The van der Waals surface area contributed by atoms with E-state index in [2.05, 4.69) is 20.8 Å². The molecule has 0 amide bonds. The van der Waals surface area contributed by atoms with Gasteiger partial charge in [-0.15, -0.1) is 11.3 Å². The average Bonchev–Trinajstić information content (AvgIpc) is 2.57. The molecular formula is C12H20N2S. The Morgan fingerprint density at radius 3 is 2.80 bits per heavy atom. The molecule has 0 saturated carbocycles. The Morgan fingerprint density at radius 1 is 1.47 bits per heavy atom. The Hall–Kier alpha value is -0.410. The van der Waals surface area contributed by atoms with E-state index in [1.54, 1.807) is 0 Å². The Labute approximate surface area is 95.9 Å². The molecule has 2 rings (SSSR count). The molecule has 1 aliphatic rings. The summed E-state index contributed by atoms with van der Waals surface area (Å²) in [6, 6.07) is 0. The fraction of sp³-hybridized carbons (Fsp3) is 0.750. The van der Waals surface area contributed by atoms with E-state index in [1.807, 2.05) is 11.3 Å². The highest BCUT2D eigenvalue weighted by molar-refractivity contribution is 7.11. The predicted molar refractivity (Wildman–Crippen MR) is 65.1 cm³/mol. The van der Waals surface area contributed by atoms with Crippen molar-refractivity contribution in [3.05, 3.63) is 15.6 Å². The molecule has 2 nitrogen and oxygen atoms in total. The van der Waals surface area contributed by atoms with Crippen molar-refractivity contribution in [1.29, 1.82) is 0 Å². The number of rotatable bonds is 1. The van der Waals surface area contributed by atoms with E-state index in [4.69, 9.17) is 10.7 Å². The van der Waals surface area contributed by atoms with Gasteiger partial charge in [0.25, 0.3) is 0 Å². The monoisotopic (exact) mass is 224 g/mol. The first-order valence-corrected chi connectivity index (χ1v) is 6.52. The van der Waals surface area contributed by atoms with E-state index >= 15 is 0 Å². The second-order valence-electron chi connectivity index (χ2n) is 5.43. The number of hydrogen-bond acceptors (Lipinski definition) is 3. The highest BCUT2D eigenvalue weighted by atomic mass is 32.1. The SMILES string of the molecule is CC(C)(C)C1CCCc2sc(CN)nc21. The van der Waals surface area contributed by atoms with Gasteiger partial charge in [-0.2, -0.15) is 0 Å². The minimum absolute atomic E-state index is 0.328. The Morgan fingerprint density at radius 2 is 2.20 bits per heavy atom. The molecule has 0 fully saturated rings. The van der Waals surface area contributed by atoms with Gasteiger partial charge in [-0.1, -0.05) is 20.8 Å². The highest BCUT2D eigenvalue weighted by Crippen LogP contribution is 2.44. The molecule has 15 heavy (non-hydrogen) atoms.